The fourth-order valence-corrected chi connectivity index (χ4v) is 4.34. The van der Waals surface area contributed by atoms with Crippen LogP contribution in [-0.4, -0.2) is 28.4 Å². The molecule has 1 saturated carbocycles. The molecule has 0 aromatic heterocycles. The molecule has 0 bridgehead atoms. The van der Waals surface area contributed by atoms with Crippen LogP contribution in [0.1, 0.15) is 21.8 Å². The van der Waals surface area contributed by atoms with Crippen molar-refractivity contribution < 1.29 is 23.8 Å². The summed E-state index contributed by atoms with van der Waals surface area (Å²) in [5.41, 5.74) is 0.432. The number of alkyl halides is 2. The highest BCUT2D eigenvalue weighted by Crippen LogP contribution is 2.65. The molecule has 2 aromatic carbocycles. The number of halogens is 5. The molecule has 0 unspecified atom stereocenters. The third-order valence-electron chi connectivity index (χ3n) is 4.38. The van der Waals surface area contributed by atoms with E-state index in [1.54, 1.807) is 0 Å². The van der Waals surface area contributed by atoms with Gasteiger partial charge in [-0.25, -0.2) is 9.18 Å². The average Bonchev–Trinajstić information content (AvgIpc) is 3.19. The van der Waals surface area contributed by atoms with E-state index in [1.165, 1.54) is 31.4 Å². The second-order valence-electron chi connectivity index (χ2n) is 6.14. The minimum Gasteiger partial charge on any atom is -0.494 e. The van der Waals surface area contributed by atoms with E-state index in [-0.39, 0.29) is 27.0 Å². The molecule has 0 radical (unpaired) electrons. The number of hydrogen-bond acceptors (Lipinski definition) is 3. The maximum atomic E-state index is 13.4. The van der Waals surface area contributed by atoms with Crippen LogP contribution in [0.15, 0.2) is 30.3 Å². The number of carboxylic acids is 1. The van der Waals surface area contributed by atoms with Gasteiger partial charge in [0.1, 0.15) is 15.7 Å². The Hall–Kier alpha value is -1.73. The summed E-state index contributed by atoms with van der Waals surface area (Å²) in [5.74, 6) is -3.91. The summed E-state index contributed by atoms with van der Waals surface area (Å²) in [6.07, 6.45) is 0. The molecule has 0 saturated heterocycles. The molecule has 2 atom stereocenters. The zero-order chi connectivity index (χ0) is 20.8. The number of benzene rings is 2. The van der Waals surface area contributed by atoms with E-state index in [9.17, 15) is 19.1 Å². The number of hydrogen-bond donors (Lipinski definition) is 2. The summed E-state index contributed by atoms with van der Waals surface area (Å²) in [5, 5.41) is 11.7. The number of nitrogens with one attached hydrogen (secondary N) is 1. The van der Waals surface area contributed by atoms with Crippen LogP contribution in [0.3, 0.4) is 0 Å². The number of rotatable bonds is 5. The lowest BCUT2D eigenvalue weighted by Crippen LogP contribution is -2.17. The highest BCUT2D eigenvalue weighted by Gasteiger charge is 2.67. The molecule has 1 aliphatic rings. The van der Waals surface area contributed by atoms with E-state index in [0.717, 1.165) is 6.07 Å². The Labute approximate surface area is 179 Å². The highest BCUT2D eigenvalue weighted by atomic mass is 35.5. The van der Waals surface area contributed by atoms with Gasteiger partial charge in [0.15, 0.2) is 5.75 Å². The standard InChI is InChI=1S/C18H12Cl4FNO4/c1-28-15-9(17(26)27)5-8(6-11(15)20)24-16(25)14-13(18(14,21)22)7-2-3-12(23)10(19)4-7/h2-6,13-14H,1H3,(H,24,25)(H,26,27)/t13-,14+/m0/s1. The van der Waals surface area contributed by atoms with Crippen LogP contribution in [0, 0.1) is 11.7 Å². The van der Waals surface area contributed by atoms with Gasteiger partial charge in [-0.3, -0.25) is 4.79 Å². The topological polar surface area (TPSA) is 75.6 Å². The first-order valence-corrected chi connectivity index (χ1v) is 9.33. The number of ether oxygens (including phenoxy) is 1. The van der Waals surface area contributed by atoms with Crippen molar-refractivity contribution in [1.29, 1.82) is 0 Å². The van der Waals surface area contributed by atoms with Crippen molar-refractivity contribution >= 4 is 64.0 Å². The summed E-state index contributed by atoms with van der Waals surface area (Å²) in [7, 11) is 1.28. The smallest absolute Gasteiger partial charge is 0.339 e. The molecule has 5 nitrogen and oxygen atoms in total. The van der Waals surface area contributed by atoms with Crippen LogP contribution in [0.25, 0.3) is 0 Å². The first kappa shape index (κ1) is 21.0. The SMILES string of the molecule is COc1c(Cl)cc(NC(=O)[C@H]2[C@H](c3ccc(F)c(Cl)c3)C2(Cl)Cl)cc1C(=O)O. The summed E-state index contributed by atoms with van der Waals surface area (Å²) in [4.78, 5) is 24.0. The second kappa shape index (κ2) is 7.59. The largest absolute Gasteiger partial charge is 0.494 e. The third kappa shape index (κ3) is 3.74. The number of methoxy groups -OCH3 is 1. The van der Waals surface area contributed by atoms with Gasteiger partial charge in [0, 0.05) is 11.6 Å². The zero-order valence-corrected chi connectivity index (χ0v) is 17.1. The van der Waals surface area contributed by atoms with Crippen LogP contribution < -0.4 is 10.1 Å². The van der Waals surface area contributed by atoms with E-state index < -0.39 is 33.9 Å². The molecule has 0 spiro atoms. The Morgan fingerprint density at radius 3 is 2.43 bits per heavy atom. The van der Waals surface area contributed by atoms with E-state index in [0.29, 0.717) is 5.56 Å². The molecule has 28 heavy (non-hydrogen) atoms. The third-order valence-corrected chi connectivity index (χ3v) is 5.90. The fourth-order valence-electron chi connectivity index (χ4n) is 3.03. The number of carbonyl (C=O) groups is 2. The summed E-state index contributed by atoms with van der Waals surface area (Å²) < 4.78 is 16.9. The maximum Gasteiger partial charge on any atom is 0.339 e. The van der Waals surface area contributed by atoms with E-state index in [1.807, 2.05) is 0 Å². The van der Waals surface area contributed by atoms with Crippen molar-refractivity contribution in [2.45, 2.75) is 10.3 Å². The number of anilines is 1. The predicted molar refractivity (Wildman–Crippen MR) is 106 cm³/mol. The Morgan fingerprint density at radius 2 is 1.86 bits per heavy atom. The Balaban J connectivity index is 1.85. The fraction of sp³-hybridized carbons (Fsp3) is 0.222. The second-order valence-corrected chi connectivity index (χ2v) is 8.40. The number of carboxylic acid groups (broad SMARTS) is 1. The number of aromatic carboxylic acids is 1. The minimum atomic E-state index is -1.42. The summed E-state index contributed by atoms with van der Waals surface area (Å²) in [6, 6.07) is 6.53. The predicted octanol–water partition coefficient (Wildman–Crippen LogP) is 5.37. The number of carbonyl (C=O) groups excluding carboxylic acids is 1. The van der Waals surface area contributed by atoms with Crippen LogP contribution in [0.5, 0.6) is 5.75 Å². The molecule has 1 amide bonds. The van der Waals surface area contributed by atoms with Crippen molar-refractivity contribution in [3.63, 3.8) is 0 Å². The summed E-state index contributed by atoms with van der Waals surface area (Å²) >= 11 is 24.3. The molecular weight excluding hydrogens is 455 g/mol. The molecule has 2 aromatic rings. The molecule has 1 aliphatic carbocycles. The van der Waals surface area contributed by atoms with E-state index in [2.05, 4.69) is 5.32 Å². The maximum absolute atomic E-state index is 13.4. The first-order valence-electron chi connectivity index (χ1n) is 7.82. The van der Waals surface area contributed by atoms with Crippen LogP contribution in [-0.2, 0) is 4.79 Å². The molecule has 3 rings (SSSR count). The quantitative estimate of drug-likeness (QED) is 0.581. The van der Waals surface area contributed by atoms with Crippen LogP contribution in [0.4, 0.5) is 10.1 Å². The van der Waals surface area contributed by atoms with Gasteiger partial charge in [-0.15, -0.1) is 23.2 Å². The van der Waals surface area contributed by atoms with Gasteiger partial charge in [0.25, 0.3) is 0 Å². The van der Waals surface area contributed by atoms with Gasteiger partial charge in [-0.05, 0) is 29.8 Å². The molecule has 148 valence electrons. The van der Waals surface area contributed by atoms with Gasteiger partial charge >= 0.3 is 5.97 Å². The van der Waals surface area contributed by atoms with Crippen molar-refractivity contribution in [1.82, 2.24) is 0 Å². The lowest BCUT2D eigenvalue weighted by Gasteiger charge is -2.11. The van der Waals surface area contributed by atoms with Crippen molar-refractivity contribution in [3.8, 4) is 5.75 Å². The highest BCUT2D eigenvalue weighted by molar-refractivity contribution is 6.53. The molecule has 10 heteroatoms. The number of amides is 1. The lowest BCUT2D eigenvalue weighted by molar-refractivity contribution is -0.117. The molecular formula is C18H12Cl4FNO4. The molecule has 0 aliphatic heterocycles. The zero-order valence-electron chi connectivity index (χ0n) is 14.1. The molecule has 0 heterocycles. The molecule has 1 fully saturated rings. The van der Waals surface area contributed by atoms with Gasteiger partial charge in [-0.1, -0.05) is 29.3 Å². The van der Waals surface area contributed by atoms with Gasteiger partial charge < -0.3 is 15.2 Å². The van der Waals surface area contributed by atoms with Gasteiger partial charge in [0.2, 0.25) is 5.91 Å². The van der Waals surface area contributed by atoms with E-state index in [4.69, 9.17) is 51.1 Å². The molecule has 2 N–H and O–H groups in total. The van der Waals surface area contributed by atoms with Crippen LogP contribution >= 0.6 is 46.4 Å². The van der Waals surface area contributed by atoms with Crippen molar-refractivity contribution in [2.24, 2.45) is 5.92 Å². The monoisotopic (exact) mass is 465 g/mol. The lowest BCUT2D eigenvalue weighted by atomic mass is 10.1. The van der Waals surface area contributed by atoms with E-state index >= 15 is 0 Å². The average molecular weight is 467 g/mol. The normalized spacial score (nSPS) is 19.8. The Morgan fingerprint density at radius 1 is 1.18 bits per heavy atom. The van der Waals surface area contributed by atoms with Crippen molar-refractivity contribution in [3.05, 3.63) is 57.3 Å². The Kier molecular flexibility index (Phi) is 5.69. The van der Waals surface area contributed by atoms with Crippen molar-refractivity contribution in [2.75, 3.05) is 12.4 Å². The summed E-state index contributed by atoms with van der Waals surface area (Å²) in [6.45, 7) is 0. The first-order chi connectivity index (χ1) is 13.1. The minimum absolute atomic E-state index is 0.0124. The Bertz CT molecular complexity index is 982. The van der Waals surface area contributed by atoms with Gasteiger partial charge in [-0.2, -0.15) is 0 Å². The van der Waals surface area contributed by atoms with Gasteiger partial charge in [0.05, 0.1) is 23.1 Å². The van der Waals surface area contributed by atoms with Crippen LogP contribution in [0.2, 0.25) is 10.0 Å².